The Bertz CT molecular complexity index is 435. The fourth-order valence-corrected chi connectivity index (χ4v) is 3.81. The lowest BCUT2D eigenvalue weighted by molar-refractivity contribution is -0.122. The Kier molecular flexibility index (Phi) is 18.0. The smallest absolute Gasteiger partial charge is 0.234 e. The van der Waals surface area contributed by atoms with E-state index in [0.29, 0.717) is 32.9 Å². The molecule has 0 saturated carbocycles. The zero-order valence-electron chi connectivity index (χ0n) is 21.4. The number of rotatable bonds is 14. The minimum atomic E-state index is 0.117. The number of likely N-dealkylation sites (N-methyl/N-ethyl adjacent to an activating group) is 3. The summed E-state index contributed by atoms with van der Waals surface area (Å²) in [6.45, 7) is 24.2. The number of ether oxygens (including phenoxy) is 2. The van der Waals surface area contributed by atoms with Gasteiger partial charge in [-0.1, -0.05) is 27.7 Å². The molecule has 1 amide bonds. The van der Waals surface area contributed by atoms with Crippen molar-refractivity contribution < 1.29 is 14.3 Å². The van der Waals surface area contributed by atoms with Crippen molar-refractivity contribution in [3.05, 3.63) is 0 Å². The van der Waals surface area contributed by atoms with Crippen LogP contribution in [0.5, 0.6) is 0 Å². The number of amides is 1. The van der Waals surface area contributed by atoms with Crippen molar-refractivity contribution in [3.63, 3.8) is 0 Å². The summed E-state index contributed by atoms with van der Waals surface area (Å²) in [5.74, 6) is 0.117. The molecule has 1 aliphatic rings. The van der Waals surface area contributed by atoms with E-state index in [1.807, 2.05) is 0 Å². The van der Waals surface area contributed by atoms with Crippen LogP contribution in [0.3, 0.4) is 0 Å². The molecule has 1 aliphatic heterocycles. The van der Waals surface area contributed by atoms with E-state index >= 15 is 0 Å². The van der Waals surface area contributed by atoms with Gasteiger partial charge in [0.1, 0.15) is 0 Å². The second-order valence-corrected chi connectivity index (χ2v) is 8.51. The summed E-state index contributed by atoms with van der Waals surface area (Å²) in [5.41, 5.74) is 0. The van der Waals surface area contributed by atoms with Crippen LogP contribution in [0, 0.1) is 0 Å². The van der Waals surface area contributed by atoms with Gasteiger partial charge in [-0.05, 0) is 32.5 Å². The maximum Gasteiger partial charge on any atom is 0.234 e. The number of hydrogen-bond donors (Lipinski definition) is 1. The Morgan fingerprint density at radius 1 is 0.656 bits per heavy atom. The molecule has 8 nitrogen and oxygen atoms in total. The van der Waals surface area contributed by atoms with Gasteiger partial charge in [-0.25, -0.2) is 0 Å². The van der Waals surface area contributed by atoms with E-state index in [4.69, 9.17) is 9.47 Å². The van der Waals surface area contributed by atoms with Crippen LogP contribution in [0.4, 0.5) is 0 Å². The van der Waals surface area contributed by atoms with Gasteiger partial charge in [0.25, 0.3) is 0 Å². The van der Waals surface area contributed by atoms with E-state index in [-0.39, 0.29) is 5.91 Å². The van der Waals surface area contributed by atoms with Gasteiger partial charge in [0.2, 0.25) is 5.91 Å². The van der Waals surface area contributed by atoms with Crippen molar-refractivity contribution in [2.75, 3.05) is 112 Å². The fraction of sp³-hybridized carbons (Fsp3) is 0.958. The molecule has 0 aromatic heterocycles. The number of carbonyl (C=O) groups is 1. The van der Waals surface area contributed by atoms with Gasteiger partial charge in [0.15, 0.2) is 0 Å². The van der Waals surface area contributed by atoms with Gasteiger partial charge in [-0.15, -0.1) is 0 Å². The van der Waals surface area contributed by atoms with Crippen molar-refractivity contribution in [2.24, 2.45) is 0 Å². The first kappa shape index (κ1) is 29.3. The highest BCUT2D eigenvalue weighted by atomic mass is 16.5. The van der Waals surface area contributed by atoms with E-state index < -0.39 is 0 Å². The Morgan fingerprint density at radius 3 is 1.53 bits per heavy atom. The van der Waals surface area contributed by atoms with Crippen LogP contribution in [0.25, 0.3) is 0 Å². The first-order valence-electron chi connectivity index (χ1n) is 12.9. The molecule has 1 saturated heterocycles. The second-order valence-electron chi connectivity index (χ2n) is 8.51. The van der Waals surface area contributed by atoms with Gasteiger partial charge in [0, 0.05) is 72.1 Å². The second kappa shape index (κ2) is 19.7. The maximum absolute atomic E-state index is 12.5. The Morgan fingerprint density at radius 2 is 1.09 bits per heavy atom. The molecular formula is C24H51N5O3. The van der Waals surface area contributed by atoms with Crippen LogP contribution in [0.1, 0.15) is 40.5 Å². The van der Waals surface area contributed by atoms with Crippen LogP contribution in [-0.2, 0) is 14.3 Å². The Labute approximate surface area is 197 Å². The number of hydrogen-bond acceptors (Lipinski definition) is 7. The molecule has 0 aromatic carbocycles. The predicted molar refractivity (Wildman–Crippen MR) is 132 cm³/mol. The third kappa shape index (κ3) is 14.4. The van der Waals surface area contributed by atoms with Crippen molar-refractivity contribution in [2.45, 2.75) is 40.5 Å². The lowest BCUT2D eigenvalue weighted by Gasteiger charge is -2.33. The first-order chi connectivity index (χ1) is 15.6. The molecule has 0 bridgehead atoms. The molecule has 0 unspecified atom stereocenters. The molecule has 0 aromatic rings. The topological polar surface area (TPSA) is 60.5 Å². The van der Waals surface area contributed by atoms with Gasteiger partial charge in [0.05, 0.1) is 19.8 Å². The standard InChI is InChI=1S/C24H51N5O3/c1-5-19-31-21-22-32-20-9-10-25-24(30)23-29-17-15-27(7-3)13-11-26(6-2)12-14-28(8-4)16-18-29/h5-23H2,1-4H3,(H,25,30). The summed E-state index contributed by atoms with van der Waals surface area (Å²) in [7, 11) is 0. The van der Waals surface area contributed by atoms with Crippen molar-refractivity contribution in [3.8, 4) is 0 Å². The average molecular weight is 458 g/mol. The van der Waals surface area contributed by atoms with Crippen molar-refractivity contribution in [1.82, 2.24) is 24.9 Å². The summed E-state index contributed by atoms with van der Waals surface area (Å²) in [6, 6.07) is 0. The zero-order chi connectivity index (χ0) is 23.4. The molecule has 1 heterocycles. The predicted octanol–water partition coefficient (Wildman–Crippen LogP) is 1.22. The van der Waals surface area contributed by atoms with Crippen molar-refractivity contribution in [1.29, 1.82) is 0 Å². The number of nitrogens with one attached hydrogen (secondary N) is 1. The van der Waals surface area contributed by atoms with Crippen molar-refractivity contribution >= 4 is 5.91 Å². The normalized spacial score (nSPS) is 18.9. The summed E-state index contributed by atoms with van der Waals surface area (Å²) in [4.78, 5) is 22.4. The molecule has 0 spiro atoms. The maximum atomic E-state index is 12.5. The molecule has 0 atom stereocenters. The SMILES string of the molecule is CCCOCCOCCCNC(=O)CN1CCN(CC)CCN(CC)CCN(CC)CC1. The number of nitrogens with zero attached hydrogens (tertiary/aromatic N) is 4. The van der Waals surface area contributed by atoms with Gasteiger partial charge in [-0.3, -0.25) is 9.69 Å². The van der Waals surface area contributed by atoms with E-state index in [9.17, 15) is 4.79 Å². The average Bonchev–Trinajstić information content (AvgIpc) is 2.80. The summed E-state index contributed by atoms with van der Waals surface area (Å²) in [5, 5.41) is 3.07. The minimum Gasteiger partial charge on any atom is -0.379 e. The first-order valence-corrected chi connectivity index (χ1v) is 12.9. The highest BCUT2D eigenvalue weighted by Crippen LogP contribution is 2.00. The zero-order valence-corrected chi connectivity index (χ0v) is 21.4. The van der Waals surface area contributed by atoms with Gasteiger partial charge >= 0.3 is 0 Å². The molecule has 1 rings (SSSR count). The fourth-order valence-electron chi connectivity index (χ4n) is 3.81. The molecule has 0 radical (unpaired) electrons. The summed E-state index contributed by atoms with van der Waals surface area (Å²) >= 11 is 0. The molecular weight excluding hydrogens is 406 g/mol. The largest absolute Gasteiger partial charge is 0.379 e. The molecule has 32 heavy (non-hydrogen) atoms. The lowest BCUT2D eigenvalue weighted by Crippen LogP contribution is -2.48. The highest BCUT2D eigenvalue weighted by Gasteiger charge is 2.16. The lowest BCUT2D eigenvalue weighted by atomic mass is 10.3. The monoisotopic (exact) mass is 457 g/mol. The van der Waals surface area contributed by atoms with Crippen LogP contribution < -0.4 is 5.32 Å². The van der Waals surface area contributed by atoms with Crippen LogP contribution in [-0.4, -0.2) is 137 Å². The molecule has 1 fully saturated rings. The van der Waals surface area contributed by atoms with E-state index in [1.165, 1.54) is 0 Å². The summed E-state index contributed by atoms with van der Waals surface area (Å²) < 4.78 is 10.9. The quantitative estimate of drug-likeness (QED) is 0.394. The summed E-state index contributed by atoms with van der Waals surface area (Å²) in [6.07, 6.45) is 1.87. The van der Waals surface area contributed by atoms with Crippen LogP contribution in [0.15, 0.2) is 0 Å². The molecule has 1 N–H and O–H groups in total. The minimum absolute atomic E-state index is 0.117. The molecule has 0 aliphatic carbocycles. The van der Waals surface area contributed by atoms with Crippen LogP contribution in [0.2, 0.25) is 0 Å². The van der Waals surface area contributed by atoms with E-state index in [1.54, 1.807) is 0 Å². The van der Waals surface area contributed by atoms with Crippen LogP contribution >= 0.6 is 0 Å². The van der Waals surface area contributed by atoms with E-state index in [2.05, 4.69) is 52.6 Å². The van der Waals surface area contributed by atoms with Gasteiger partial charge < -0.3 is 29.5 Å². The number of carbonyl (C=O) groups excluding carboxylic acids is 1. The molecule has 190 valence electrons. The third-order valence-corrected chi connectivity index (χ3v) is 6.15. The molecule has 8 heteroatoms. The Hall–Kier alpha value is -0.770. The Balaban J connectivity index is 2.38. The highest BCUT2D eigenvalue weighted by molar-refractivity contribution is 5.77. The third-order valence-electron chi connectivity index (χ3n) is 6.15. The van der Waals surface area contributed by atoms with E-state index in [0.717, 1.165) is 91.4 Å². The van der Waals surface area contributed by atoms with Gasteiger partial charge in [-0.2, -0.15) is 0 Å².